The highest BCUT2D eigenvalue weighted by molar-refractivity contribution is 7.92. The van der Waals surface area contributed by atoms with Gasteiger partial charge in [-0.3, -0.25) is 14.0 Å². The van der Waals surface area contributed by atoms with E-state index in [9.17, 15) is 13.2 Å². The lowest BCUT2D eigenvalue weighted by molar-refractivity contribution is 0.0985. The molecule has 9 nitrogen and oxygen atoms in total. The summed E-state index contributed by atoms with van der Waals surface area (Å²) in [6.07, 6.45) is 1.61. The van der Waals surface area contributed by atoms with Crippen LogP contribution in [0.3, 0.4) is 0 Å². The molecule has 0 saturated carbocycles. The monoisotopic (exact) mass is 578 g/mol. The van der Waals surface area contributed by atoms with E-state index in [1.165, 1.54) is 27.8 Å². The normalized spacial score (nSPS) is 14.8. The number of nitrogens with zero attached hydrogens (tertiary/aromatic N) is 4. The molecule has 0 radical (unpaired) electrons. The standard InChI is InChI=1S/C29H30N4O5S2/c1-31(2)14-15-32(29-30-23-18-25-26(19-27(23)39-29)38-17-16-37-25)28(34)21-9-11-22(12-10-21)40(35,36)33-13-5-7-20-6-3-4-8-24(20)33/h3-4,6,8-12,18-19H,5,7,13-17H2,1-2H3. The van der Waals surface area contributed by atoms with Crippen LogP contribution in [-0.4, -0.2) is 71.2 Å². The van der Waals surface area contributed by atoms with Crippen LogP contribution in [0.2, 0.25) is 0 Å². The van der Waals surface area contributed by atoms with Gasteiger partial charge in [-0.25, -0.2) is 13.4 Å². The Labute approximate surface area is 237 Å². The van der Waals surface area contributed by atoms with Gasteiger partial charge in [-0.15, -0.1) is 0 Å². The van der Waals surface area contributed by atoms with Gasteiger partial charge in [0.15, 0.2) is 16.6 Å². The number of benzene rings is 3. The lowest BCUT2D eigenvalue weighted by Crippen LogP contribution is -2.37. The molecule has 1 aromatic heterocycles. The third kappa shape index (κ3) is 5.00. The molecular formula is C29H30N4O5S2. The smallest absolute Gasteiger partial charge is 0.264 e. The summed E-state index contributed by atoms with van der Waals surface area (Å²) in [5, 5.41) is 0.561. The van der Waals surface area contributed by atoms with Gasteiger partial charge in [0.05, 0.1) is 20.8 Å². The molecule has 0 fully saturated rings. The Hall–Kier alpha value is -3.67. The van der Waals surface area contributed by atoms with E-state index in [-0.39, 0.29) is 10.8 Å². The second-order valence-corrected chi connectivity index (χ2v) is 12.9. The summed E-state index contributed by atoms with van der Waals surface area (Å²) in [4.78, 5) is 22.3. The summed E-state index contributed by atoms with van der Waals surface area (Å²) in [7, 11) is 0.124. The highest BCUT2D eigenvalue weighted by atomic mass is 32.2. The van der Waals surface area contributed by atoms with Crippen molar-refractivity contribution in [1.29, 1.82) is 0 Å². The van der Waals surface area contributed by atoms with Crippen molar-refractivity contribution in [2.24, 2.45) is 0 Å². The molecule has 0 aliphatic carbocycles. The van der Waals surface area contributed by atoms with Crippen LogP contribution in [0, 0.1) is 0 Å². The number of fused-ring (bicyclic) bond motifs is 3. The van der Waals surface area contributed by atoms with Crippen LogP contribution in [0.5, 0.6) is 11.5 Å². The Morgan fingerprint density at radius 2 is 1.73 bits per heavy atom. The maximum atomic E-state index is 13.8. The number of anilines is 2. The van der Waals surface area contributed by atoms with E-state index in [2.05, 4.69) is 0 Å². The zero-order valence-electron chi connectivity index (χ0n) is 22.4. The number of carbonyl (C=O) groups is 1. The fraction of sp³-hybridized carbons (Fsp3) is 0.310. The average Bonchev–Trinajstić information content (AvgIpc) is 3.37. The summed E-state index contributed by atoms with van der Waals surface area (Å²) in [5.41, 5.74) is 2.87. The highest BCUT2D eigenvalue weighted by Gasteiger charge is 2.30. The second-order valence-electron chi connectivity index (χ2n) is 10.1. The first-order chi connectivity index (χ1) is 19.3. The minimum atomic E-state index is -3.77. The number of amides is 1. The van der Waals surface area contributed by atoms with Crippen molar-refractivity contribution in [3.8, 4) is 11.5 Å². The Bertz CT molecular complexity index is 1620. The van der Waals surface area contributed by atoms with Crippen LogP contribution < -0.4 is 18.7 Å². The zero-order chi connectivity index (χ0) is 27.9. The molecule has 3 aromatic carbocycles. The number of hydrogen-bond donors (Lipinski definition) is 0. The lowest BCUT2D eigenvalue weighted by atomic mass is 10.0. The molecular weight excluding hydrogens is 548 g/mol. The van der Waals surface area contributed by atoms with Gasteiger partial charge in [0.1, 0.15) is 13.2 Å². The maximum Gasteiger partial charge on any atom is 0.264 e. The van der Waals surface area contributed by atoms with Gasteiger partial charge in [-0.2, -0.15) is 0 Å². The first-order valence-corrected chi connectivity index (χ1v) is 15.4. The molecule has 0 bridgehead atoms. The number of rotatable bonds is 7. The van der Waals surface area contributed by atoms with Crippen LogP contribution >= 0.6 is 11.3 Å². The third-order valence-corrected chi connectivity index (χ3v) is 9.91. The Morgan fingerprint density at radius 1 is 1.00 bits per heavy atom. The second kappa shape index (κ2) is 10.7. The number of sulfonamides is 1. The predicted octanol–water partition coefficient (Wildman–Crippen LogP) is 4.42. The fourth-order valence-corrected chi connectivity index (χ4v) is 7.49. The van der Waals surface area contributed by atoms with Gasteiger partial charge in [0.2, 0.25) is 0 Å². The van der Waals surface area contributed by atoms with Gasteiger partial charge < -0.3 is 14.4 Å². The molecule has 11 heteroatoms. The molecule has 0 spiro atoms. The van der Waals surface area contributed by atoms with Crippen molar-refractivity contribution in [2.75, 3.05) is 56.1 Å². The molecule has 0 N–H and O–H groups in total. The summed E-state index contributed by atoms with van der Waals surface area (Å²) >= 11 is 1.41. The first kappa shape index (κ1) is 26.5. The topological polar surface area (TPSA) is 92.3 Å². The molecule has 6 rings (SSSR count). The van der Waals surface area contributed by atoms with E-state index >= 15 is 0 Å². The summed E-state index contributed by atoms with van der Waals surface area (Å²) < 4.78 is 40.9. The van der Waals surface area contributed by atoms with Gasteiger partial charge in [-0.05, 0) is 62.8 Å². The van der Waals surface area contributed by atoms with Gasteiger partial charge >= 0.3 is 0 Å². The molecule has 0 saturated heterocycles. The van der Waals surface area contributed by atoms with Crippen LogP contribution in [-0.2, 0) is 16.4 Å². The number of likely N-dealkylation sites (N-methyl/N-ethyl adjacent to an activating group) is 1. The molecule has 1 amide bonds. The van der Waals surface area contributed by atoms with E-state index in [1.54, 1.807) is 17.0 Å². The van der Waals surface area contributed by atoms with Crippen LogP contribution in [0.25, 0.3) is 10.2 Å². The molecule has 2 aliphatic heterocycles. The quantitative estimate of drug-likeness (QED) is 0.321. The number of hydrogen-bond acceptors (Lipinski definition) is 8. The van der Waals surface area contributed by atoms with Crippen molar-refractivity contribution in [3.05, 3.63) is 71.8 Å². The van der Waals surface area contributed by atoms with Crippen molar-refractivity contribution < 1.29 is 22.7 Å². The van der Waals surface area contributed by atoms with Crippen molar-refractivity contribution in [3.63, 3.8) is 0 Å². The number of carbonyl (C=O) groups excluding carboxylic acids is 1. The minimum absolute atomic E-state index is 0.158. The van der Waals surface area contributed by atoms with Gasteiger partial charge in [-0.1, -0.05) is 29.5 Å². The molecule has 4 aromatic rings. The SMILES string of the molecule is CN(C)CCN(C(=O)c1ccc(S(=O)(=O)N2CCCc3ccccc32)cc1)c1nc2cc3c(cc2s1)OCCO3. The highest BCUT2D eigenvalue weighted by Crippen LogP contribution is 2.39. The zero-order valence-corrected chi connectivity index (χ0v) is 24.0. The number of ether oxygens (including phenoxy) is 2. The predicted molar refractivity (Wildman–Crippen MR) is 157 cm³/mol. The van der Waals surface area contributed by atoms with E-state index in [0.29, 0.717) is 55.0 Å². The number of thiazole rings is 1. The molecule has 2 aliphatic rings. The summed E-state index contributed by atoms with van der Waals surface area (Å²) in [6, 6.07) is 17.6. The largest absolute Gasteiger partial charge is 0.486 e. The number of aryl methyl sites for hydroxylation is 1. The lowest BCUT2D eigenvalue weighted by Gasteiger charge is -2.30. The molecule has 208 valence electrons. The van der Waals surface area contributed by atoms with E-state index in [1.807, 2.05) is 55.4 Å². The van der Waals surface area contributed by atoms with Crippen molar-refractivity contribution >= 4 is 48.3 Å². The van der Waals surface area contributed by atoms with Crippen molar-refractivity contribution in [2.45, 2.75) is 17.7 Å². The summed E-state index contributed by atoms with van der Waals surface area (Å²) in [5.74, 6) is 1.08. The number of para-hydroxylation sites is 1. The van der Waals surface area contributed by atoms with Crippen LogP contribution in [0.15, 0.2) is 65.6 Å². The number of aromatic nitrogens is 1. The van der Waals surface area contributed by atoms with E-state index in [0.717, 1.165) is 34.3 Å². The molecule has 40 heavy (non-hydrogen) atoms. The molecule has 3 heterocycles. The van der Waals surface area contributed by atoms with Crippen molar-refractivity contribution in [1.82, 2.24) is 9.88 Å². The molecule has 0 atom stereocenters. The Kier molecular flexibility index (Phi) is 7.11. The Balaban J connectivity index is 1.29. The Morgan fingerprint density at radius 3 is 2.48 bits per heavy atom. The third-order valence-electron chi connectivity index (χ3n) is 7.04. The fourth-order valence-electron chi connectivity index (χ4n) is 4.95. The minimum Gasteiger partial charge on any atom is -0.486 e. The van der Waals surface area contributed by atoms with Crippen LogP contribution in [0.1, 0.15) is 22.3 Å². The maximum absolute atomic E-state index is 13.8. The van der Waals surface area contributed by atoms with Gasteiger partial charge in [0.25, 0.3) is 15.9 Å². The van der Waals surface area contributed by atoms with Crippen LogP contribution in [0.4, 0.5) is 10.8 Å². The average molecular weight is 579 g/mol. The summed E-state index contributed by atoms with van der Waals surface area (Å²) in [6.45, 7) is 2.45. The van der Waals surface area contributed by atoms with Gasteiger partial charge in [0, 0.05) is 37.3 Å². The van der Waals surface area contributed by atoms with E-state index in [4.69, 9.17) is 14.5 Å². The van der Waals surface area contributed by atoms with E-state index < -0.39 is 10.0 Å². The molecule has 0 unspecified atom stereocenters. The first-order valence-electron chi connectivity index (χ1n) is 13.2.